The molecule has 2 N–H and O–H groups in total. The van der Waals surface area contributed by atoms with Crippen LogP contribution in [0.4, 0.5) is 0 Å². The van der Waals surface area contributed by atoms with Crippen LogP contribution in [0.1, 0.15) is 25.0 Å². The standard InChI is InChI=1S/C14H19NO3/c1-9-6-4-5-7-12(9)8-13(16)15-11(3)10(2)14(17)18/h4-7,10-11H,8H2,1-3H3,(H,15,16)(H,17,18). The Balaban J connectivity index is 2.57. The molecule has 1 amide bonds. The number of amides is 1. The van der Waals surface area contributed by atoms with Crippen molar-refractivity contribution in [2.45, 2.75) is 33.2 Å². The van der Waals surface area contributed by atoms with E-state index in [1.165, 1.54) is 0 Å². The molecule has 1 aromatic rings. The van der Waals surface area contributed by atoms with Gasteiger partial charge in [0.2, 0.25) is 5.91 Å². The fraction of sp³-hybridized carbons (Fsp3) is 0.429. The second-order valence-corrected chi connectivity index (χ2v) is 4.59. The van der Waals surface area contributed by atoms with Gasteiger partial charge < -0.3 is 10.4 Å². The third-order valence-corrected chi connectivity index (χ3v) is 3.14. The predicted molar refractivity (Wildman–Crippen MR) is 69.3 cm³/mol. The summed E-state index contributed by atoms with van der Waals surface area (Å²) in [6, 6.07) is 7.29. The van der Waals surface area contributed by atoms with Crippen molar-refractivity contribution in [2.75, 3.05) is 0 Å². The maximum Gasteiger partial charge on any atom is 0.308 e. The highest BCUT2D eigenvalue weighted by Crippen LogP contribution is 2.08. The van der Waals surface area contributed by atoms with E-state index in [-0.39, 0.29) is 18.4 Å². The lowest BCUT2D eigenvalue weighted by Gasteiger charge is -2.18. The largest absolute Gasteiger partial charge is 0.481 e. The van der Waals surface area contributed by atoms with Crippen LogP contribution in [-0.2, 0) is 16.0 Å². The van der Waals surface area contributed by atoms with Gasteiger partial charge in [0.25, 0.3) is 0 Å². The van der Waals surface area contributed by atoms with E-state index < -0.39 is 11.9 Å². The summed E-state index contributed by atoms with van der Waals surface area (Å²) in [6.45, 7) is 5.24. The molecular formula is C14H19NO3. The van der Waals surface area contributed by atoms with Crippen LogP contribution in [0.25, 0.3) is 0 Å². The first kappa shape index (κ1) is 14.2. The number of nitrogens with one attached hydrogen (secondary N) is 1. The molecule has 0 spiro atoms. The molecule has 4 nitrogen and oxygen atoms in total. The summed E-state index contributed by atoms with van der Waals surface area (Å²) in [5, 5.41) is 11.6. The van der Waals surface area contributed by atoms with E-state index in [9.17, 15) is 9.59 Å². The lowest BCUT2D eigenvalue weighted by Crippen LogP contribution is -2.40. The summed E-state index contributed by atoms with van der Waals surface area (Å²) < 4.78 is 0. The van der Waals surface area contributed by atoms with Crippen molar-refractivity contribution in [2.24, 2.45) is 5.92 Å². The highest BCUT2D eigenvalue weighted by molar-refractivity contribution is 5.80. The number of carboxylic acid groups (broad SMARTS) is 1. The van der Waals surface area contributed by atoms with Gasteiger partial charge in [0.05, 0.1) is 12.3 Å². The Morgan fingerprint density at radius 2 is 1.89 bits per heavy atom. The highest BCUT2D eigenvalue weighted by Gasteiger charge is 2.20. The number of aryl methyl sites for hydroxylation is 1. The fourth-order valence-electron chi connectivity index (χ4n) is 1.63. The molecule has 4 heteroatoms. The van der Waals surface area contributed by atoms with Gasteiger partial charge in [-0.15, -0.1) is 0 Å². The van der Waals surface area contributed by atoms with Crippen LogP contribution in [0.3, 0.4) is 0 Å². The molecule has 0 aliphatic heterocycles. The van der Waals surface area contributed by atoms with Crippen LogP contribution in [0, 0.1) is 12.8 Å². The molecule has 1 rings (SSSR count). The Kier molecular flexibility index (Phi) is 4.89. The first-order valence-electron chi connectivity index (χ1n) is 5.98. The molecule has 0 bridgehead atoms. The van der Waals surface area contributed by atoms with E-state index >= 15 is 0 Å². The van der Waals surface area contributed by atoms with Crippen molar-refractivity contribution in [1.82, 2.24) is 5.32 Å². The Labute approximate surface area is 107 Å². The summed E-state index contributed by atoms with van der Waals surface area (Å²) in [5.74, 6) is -1.64. The molecular weight excluding hydrogens is 230 g/mol. The quantitative estimate of drug-likeness (QED) is 0.835. The summed E-state index contributed by atoms with van der Waals surface area (Å²) in [6.07, 6.45) is 0.281. The normalized spacial score (nSPS) is 13.7. The third-order valence-electron chi connectivity index (χ3n) is 3.14. The molecule has 0 aliphatic carbocycles. The van der Waals surface area contributed by atoms with Crippen LogP contribution < -0.4 is 5.32 Å². The zero-order valence-electron chi connectivity index (χ0n) is 10.9. The average Bonchev–Trinajstić information content (AvgIpc) is 2.30. The summed E-state index contributed by atoms with van der Waals surface area (Å²) in [7, 11) is 0. The van der Waals surface area contributed by atoms with Gasteiger partial charge in [-0.2, -0.15) is 0 Å². The smallest absolute Gasteiger partial charge is 0.308 e. The molecule has 2 unspecified atom stereocenters. The van der Waals surface area contributed by atoms with Crippen LogP contribution >= 0.6 is 0 Å². The van der Waals surface area contributed by atoms with Gasteiger partial charge in [-0.1, -0.05) is 24.3 Å². The van der Waals surface area contributed by atoms with Crippen molar-refractivity contribution in [3.8, 4) is 0 Å². The highest BCUT2D eigenvalue weighted by atomic mass is 16.4. The number of carbonyl (C=O) groups is 2. The number of benzene rings is 1. The molecule has 0 aromatic heterocycles. The molecule has 0 radical (unpaired) electrons. The average molecular weight is 249 g/mol. The maximum absolute atomic E-state index is 11.8. The van der Waals surface area contributed by atoms with E-state index in [0.29, 0.717) is 0 Å². The summed E-state index contributed by atoms with van der Waals surface area (Å²) in [4.78, 5) is 22.6. The second-order valence-electron chi connectivity index (χ2n) is 4.59. The number of carbonyl (C=O) groups excluding carboxylic acids is 1. The minimum Gasteiger partial charge on any atom is -0.481 e. The Morgan fingerprint density at radius 1 is 1.28 bits per heavy atom. The van der Waals surface area contributed by atoms with Gasteiger partial charge in [0.1, 0.15) is 0 Å². The molecule has 0 aliphatic rings. The lowest BCUT2D eigenvalue weighted by molar-refractivity contribution is -0.142. The molecule has 1 aromatic carbocycles. The molecule has 0 saturated carbocycles. The van der Waals surface area contributed by atoms with Crippen LogP contribution in [0.5, 0.6) is 0 Å². The molecule has 18 heavy (non-hydrogen) atoms. The molecule has 0 fully saturated rings. The summed E-state index contributed by atoms with van der Waals surface area (Å²) in [5.41, 5.74) is 2.02. The Hall–Kier alpha value is -1.84. The fourth-order valence-corrected chi connectivity index (χ4v) is 1.63. The van der Waals surface area contributed by atoms with Gasteiger partial charge in [0.15, 0.2) is 0 Å². The van der Waals surface area contributed by atoms with Gasteiger partial charge in [-0.25, -0.2) is 0 Å². The van der Waals surface area contributed by atoms with E-state index in [0.717, 1.165) is 11.1 Å². The van der Waals surface area contributed by atoms with Gasteiger partial charge in [-0.05, 0) is 31.9 Å². The van der Waals surface area contributed by atoms with Crippen molar-refractivity contribution < 1.29 is 14.7 Å². The van der Waals surface area contributed by atoms with Crippen LogP contribution in [0.15, 0.2) is 24.3 Å². The number of hydrogen-bond donors (Lipinski definition) is 2. The van der Waals surface area contributed by atoms with Crippen LogP contribution in [0.2, 0.25) is 0 Å². The second kappa shape index (κ2) is 6.19. The molecule has 2 atom stereocenters. The lowest BCUT2D eigenvalue weighted by atomic mass is 10.0. The zero-order valence-corrected chi connectivity index (χ0v) is 10.9. The topological polar surface area (TPSA) is 66.4 Å². The van der Waals surface area contributed by atoms with Crippen molar-refractivity contribution in [1.29, 1.82) is 0 Å². The van der Waals surface area contributed by atoms with E-state index in [2.05, 4.69) is 5.32 Å². The van der Waals surface area contributed by atoms with E-state index in [4.69, 9.17) is 5.11 Å². The predicted octanol–water partition coefficient (Wildman–Crippen LogP) is 1.76. The summed E-state index contributed by atoms with van der Waals surface area (Å²) >= 11 is 0. The van der Waals surface area contributed by atoms with Crippen molar-refractivity contribution in [3.05, 3.63) is 35.4 Å². The van der Waals surface area contributed by atoms with Gasteiger partial charge in [0, 0.05) is 6.04 Å². The van der Waals surface area contributed by atoms with Gasteiger partial charge in [-0.3, -0.25) is 9.59 Å². The third kappa shape index (κ3) is 3.87. The van der Waals surface area contributed by atoms with E-state index in [1.54, 1.807) is 13.8 Å². The SMILES string of the molecule is Cc1ccccc1CC(=O)NC(C)C(C)C(=O)O. The van der Waals surface area contributed by atoms with Crippen LogP contribution in [-0.4, -0.2) is 23.0 Å². The molecule has 0 saturated heterocycles. The molecule has 98 valence electrons. The van der Waals surface area contributed by atoms with E-state index in [1.807, 2.05) is 31.2 Å². The Bertz CT molecular complexity index is 442. The monoisotopic (exact) mass is 249 g/mol. The van der Waals surface area contributed by atoms with Crippen molar-refractivity contribution in [3.63, 3.8) is 0 Å². The van der Waals surface area contributed by atoms with Crippen molar-refractivity contribution >= 4 is 11.9 Å². The minimum atomic E-state index is -0.904. The Morgan fingerprint density at radius 3 is 2.44 bits per heavy atom. The first-order valence-corrected chi connectivity index (χ1v) is 5.98. The minimum absolute atomic E-state index is 0.148. The number of rotatable bonds is 5. The number of hydrogen-bond acceptors (Lipinski definition) is 2. The zero-order chi connectivity index (χ0) is 13.7. The number of carboxylic acids is 1. The number of aliphatic carboxylic acids is 1. The maximum atomic E-state index is 11.8. The first-order chi connectivity index (χ1) is 8.41. The molecule has 0 heterocycles. The van der Waals surface area contributed by atoms with Gasteiger partial charge >= 0.3 is 5.97 Å².